The maximum atomic E-state index is 12.6. The highest BCUT2D eigenvalue weighted by Crippen LogP contribution is 2.31. The molecule has 0 saturated carbocycles. The molecule has 0 heterocycles. The molecule has 5 heteroatoms. The Morgan fingerprint density at radius 1 is 0.808 bits per heavy atom. The summed E-state index contributed by atoms with van der Waals surface area (Å²) in [6.45, 7) is 9.00. The SMILES string of the molecule is CC(C)COc1ccc(C(=O)c2ccc(OCC(C)C)c(O)c2)cc1O. The van der Waals surface area contributed by atoms with Gasteiger partial charge in [-0.1, -0.05) is 27.7 Å². The Labute approximate surface area is 154 Å². The summed E-state index contributed by atoms with van der Waals surface area (Å²) in [7, 11) is 0. The van der Waals surface area contributed by atoms with Gasteiger partial charge >= 0.3 is 0 Å². The Morgan fingerprint density at radius 3 is 1.50 bits per heavy atom. The van der Waals surface area contributed by atoms with Gasteiger partial charge in [0.05, 0.1) is 13.2 Å². The Kier molecular flexibility index (Phi) is 6.50. The molecule has 0 bridgehead atoms. The van der Waals surface area contributed by atoms with Crippen LogP contribution in [0.3, 0.4) is 0 Å². The van der Waals surface area contributed by atoms with E-state index in [2.05, 4.69) is 0 Å². The van der Waals surface area contributed by atoms with E-state index in [1.165, 1.54) is 12.1 Å². The summed E-state index contributed by atoms with van der Waals surface area (Å²) in [4.78, 5) is 12.6. The van der Waals surface area contributed by atoms with Gasteiger partial charge in [0.2, 0.25) is 0 Å². The van der Waals surface area contributed by atoms with Gasteiger partial charge in [0.25, 0.3) is 0 Å². The second kappa shape index (κ2) is 8.61. The number of benzene rings is 2. The van der Waals surface area contributed by atoms with Crippen molar-refractivity contribution in [2.45, 2.75) is 27.7 Å². The fourth-order valence-electron chi connectivity index (χ4n) is 2.24. The van der Waals surface area contributed by atoms with Crippen LogP contribution in [0.4, 0.5) is 0 Å². The Balaban J connectivity index is 2.15. The number of hydrogen-bond acceptors (Lipinski definition) is 5. The Hall–Kier alpha value is -2.69. The van der Waals surface area contributed by atoms with Crippen molar-refractivity contribution in [3.05, 3.63) is 47.5 Å². The van der Waals surface area contributed by atoms with Crippen LogP contribution < -0.4 is 9.47 Å². The molecule has 140 valence electrons. The molecule has 0 aromatic heterocycles. The zero-order chi connectivity index (χ0) is 19.3. The zero-order valence-corrected chi connectivity index (χ0v) is 15.7. The van der Waals surface area contributed by atoms with Crippen LogP contribution in [0.2, 0.25) is 0 Å². The van der Waals surface area contributed by atoms with Crippen LogP contribution >= 0.6 is 0 Å². The standard InChI is InChI=1S/C21H26O5/c1-13(2)11-25-19-7-5-15(9-17(19)22)21(24)16-6-8-20(18(23)10-16)26-12-14(3)4/h5-10,13-14,22-23H,11-12H2,1-4H3. The molecule has 0 aliphatic heterocycles. The van der Waals surface area contributed by atoms with Gasteiger partial charge in [-0.3, -0.25) is 4.79 Å². The lowest BCUT2D eigenvalue weighted by atomic mass is 10.0. The van der Waals surface area contributed by atoms with Crippen molar-refractivity contribution in [3.8, 4) is 23.0 Å². The van der Waals surface area contributed by atoms with Gasteiger partial charge in [-0.15, -0.1) is 0 Å². The fourth-order valence-corrected chi connectivity index (χ4v) is 2.24. The van der Waals surface area contributed by atoms with Gasteiger partial charge in [-0.05, 0) is 48.2 Å². The van der Waals surface area contributed by atoms with E-state index in [1.807, 2.05) is 27.7 Å². The van der Waals surface area contributed by atoms with Gasteiger partial charge in [0.15, 0.2) is 28.8 Å². The summed E-state index contributed by atoms with van der Waals surface area (Å²) in [5, 5.41) is 20.1. The minimum atomic E-state index is -0.304. The second-order valence-corrected chi connectivity index (χ2v) is 7.10. The average Bonchev–Trinajstić information content (AvgIpc) is 2.58. The highest BCUT2D eigenvalue weighted by atomic mass is 16.5. The minimum Gasteiger partial charge on any atom is -0.504 e. The maximum absolute atomic E-state index is 12.6. The van der Waals surface area contributed by atoms with Crippen molar-refractivity contribution in [1.29, 1.82) is 0 Å². The zero-order valence-electron chi connectivity index (χ0n) is 15.7. The Morgan fingerprint density at radius 2 is 1.19 bits per heavy atom. The van der Waals surface area contributed by atoms with E-state index in [4.69, 9.17) is 9.47 Å². The highest BCUT2D eigenvalue weighted by Gasteiger charge is 2.15. The quantitative estimate of drug-likeness (QED) is 0.684. The summed E-state index contributed by atoms with van der Waals surface area (Å²) in [6.07, 6.45) is 0. The van der Waals surface area contributed by atoms with E-state index in [1.54, 1.807) is 24.3 Å². The van der Waals surface area contributed by atoms with E-state index >= 15 is 0 Å². The third-order valence-corrected chi connectivity index (χ3v) is 3.59. The van der Waals surface area contributed by atoms with Gasteiger partial charge in [-0.25, -0.2) is 0 Å². The van der Waals surface area contributed by atoms with Crippen molar-refractivity contribution in [3.63, 3.8) is 0 Å². The molecule has 0 fully saturated rings. The van der Waals surface area contributed by atoms with Crippen LogP contribution in [0.25, 0.3) is 0 Å². The molecular formula is C21H26O5. The third-order valence-electron chi connectivity index (χ3n) is 3.59. The number of carbonyl (C=O) groups excluding carboxylic acids is 1. The second-order valence-electron chi connectivity index (χ2n) is 7.10. The maximum Gasteiger partial charge on any atom is 0.193 e. The number of phenols is 2. The summed E-state index contributed by atoms with van der Waals surface area (Å²) in [6, 6.07) is 9.09. The number of ketones is 1. The van der Waals surface area contributed by atoms with Gasteiger partial charge in [0, 0.05) is 11.1 Å². The molecular weight excluding hydrogens is 332 g/mol. The molecule has 0 amide bonds. The van der Waals surface area contributed by atoms with Crippen LogP contribution in [-0.4, -0.2) is 29.2 Å². The molecule has 0 spiro atoms. The van der Waals surface area contributed by atoms with Gasteiger partial charge < -0.3 is 19.7 Å². The van der Waals surface area contributed by atoms with E-state index in [9.17, 15) is 15.0 Å². The molecule has 0 unspecified atom stereocenters. The van der Waals surface area contributed by atoms with Crippen molar-refractivity contribution in [1.82, 2.24) is 0 Å². The van der Waals surface area contributed by atoms with Crippen LogP contribution in [0.1, 0.15) is 43.6 Å². The summed E-state index contributed by atoms with van der Waals surface area (Å²) < 4.78 is 11.0. The number of carbonyl (C=O) groups is 1. The van der Waals surface area contributed by atoms with Crippen molar-refractivity contribution >= 4 is 5.78 Å². The molecule has 2 N–H and O–H groups in total. The molecule has 0 radical (unpaired) electrons. The van der Waals surface area contributed by atoms with Crippen molar-refractivity contribution in [2.24, 2.45) is 11.8 Å². The number of aromatic hydroxyl groups is 2. The van der Waals surface area contributed by atoms with Gasteiger partial charge in [-0.2, -0.15) is 0 Å². The largest absolute Gasteiger partial charge is 0.504 e. The van der Waals surface area contributed by atoms with Crippen LogP contribution in [-0.2, 0) is 0 Å². The first-order chi connectivity index (χ1) is 12.3. The van der Waals surface area contributed by atoms with Crippen molar-refractivity contribution < 1.29 is 24.5 Å². The fraction of sp³-hybridized carbons (Fsp3) is 0.381. The molecule has 2 rings (SSSR count). The molecule has 0 aliphatic carbocycles. The lowest BCUT2D eigenvalue weighted by Crippen LogP contribution is -2.06. The van der Waals surface area contributed by atoms with Gasteiger partial charge in [0.1, 0.15) is 0 Å². The van der Waals surface area contributed by atoms with E-state index < -0.39 is 0 Å². The van der Waals surface area contributed by atoms with Crippen LogP contribution in [0.5, 0.6) is 23.0 Å². The minimum absolute atomic E-state index is 0.0855. The van der Waals surface area contributed by atoms with Crippen LogP contribution in [0.15, 0.2) is 36.4 Å². The third kappa shape index (κ3) is 5.15. The molecule has 0 aliphatic rings. The topological polar surface area (TPSA) is 76.0 Å². The van der Waals surface area contributed by atoms with Crippen molar-refractivity contribution in [2.75, 3.05) is 13.2 Å². The molecule has 5 nitrogen and oxygen atoms in total. The molecule has 0 saturated heterocycles. The molecule has 0 atom stereocenters. The predicted molar refractivity (Wildman–Crippen MR) is 100 cm³/mol. The number of phenolic OH excluding ortho intramolecular Hbond substituents is 2. The summed E-state index contributed by atoms with van der Waals surface area (Å²) in [5.74, 6) is 0.868. The van der Waals surface area contributed by atoms with Crippen LogP contribution in [0, 0.1) is 11.8 Å². The highest BCUT2D eigenvalue weighted by molar-refractivity contribution is 6.09. The number of ether oxygens (including phenoxy) is 2. The lowest BCUT2D eigenvalue weighted by Gasteiger charge is -2.12. The first kappa shape index (κ1) is 19.6. The number of hydrogen-bond donors (Lipinski definition) is 2. The predicted octanol–water partition coefficient (Wildman–Crippen LogP) is 4.40. The summed E-state index contributed by atoms with van der Waals surface area (Å²) in [5.41, 5.74) is 0.629. The smallest absolute Gasteiger partial charge is 0.193 e. The summed E-state index contributed by atoms with van der Waals surface area (Å²) >= 11 is 0. The molecule has 26 heavy (non-hydrogen) atoms. The monoisotopic (exact) mass is 358 g/mol. The average molecular weight is 358 g/mol. The number of rotatable bonds is 8. The van der Waals surface area contributed by atoms with E-state index in [0.29, 0.717) is 47.7 Å². The Bertz CT molecular complexity index is 701. The lowest BCUT2D eigenvalue weighted by molar-refractivity contribution is 0.103. The van der Waals surface area contributed by atoms with E-state index in [0.717, 1.165) is 0 Å². The molecule has 2 aromatic rings. The molecule has 2 aromatic carbocycles. The first-order valence-corrected chi connectivity index (χ1v) is 8.74. The normalized spacial score (nSPS) is 11.0. The first-order valence-electron chi connectivity index (χ1n) is 8.74. The van der Waals surface area contributed by atoms with E-state index in [-0.39, 0.29) is 17.3 Å².